The molecule has 0 radical (unpaired) electrons. The molecule has 11 nitrogen and oxygen atoms in total. The third-order valence-electron chi connectivity index (χ3n) is 4.19. The highest BCUT2D eigenvalue weighted by Crippen LogP contribution is 2.36. The molecule has 2 aromatic rings. The molecule has 11 heteroatoms. The molecule has 1 saturated heterocycles. The summed E-state index contributed by atoms with van der Waals surface area (Å²) in [6, 6.07) is 4.22. The molecule has 1 aliphatic heterocycles. The zero-order valence-electron chi connectivity index (χ0n) is 15.3. The highest BCUT2D eigenvalue weighted by Gasteiger charge is 2.27. The highest BCUT2D eigenvalue weighted by atomic mass is 16.7. The summed E-state index contributed by atoms with van der Waals surface area (Å²) in [5, 5.41) is 19.0. The Morgan fingerprint density at radius 1 is 1.17 bits per heavy atom. The van der Waals surface area contributed by atoms with E-state index in [2.05, 4.69) is 4.98 Å². The van der Waals surface area contributed by atoms with Crippen molar-refractivity contribution in [1.82, 2.24) is 4.98 Å². The average Bonchev–Trinajstić information content (AvgIpc) is 3.18. The zero-order chi connectivity index (χ0) is 21.1. The Labute approximate surface area is 163 Å². The van der Waals surface area contributed by atoms with Crippen molar-refractivity contribution < 1.29 is 38.7 Å². The van der Waals surface area contributed by atoms with Gasteiger partial charge in [0, 0.05) is 5.56 Å². The highest BCUT2D eigenvalue weighted by molar-refractivity contribution is 6.07. The first kappa shape index (κ1) is 20.2. The largest absolute Gasteiger partial charge is 0.493 e. The molecule has 0 amide bonds. The van der Waals surface area contributed by atoms with Crippen LogP contribution in [-0.4, -0.2) is 60.4 Å². The number of carbonyl (C=O) groups is 2. The van der Waals surface area contributed by atoms with Crippen molar-refractivity contribution in [2.24, 2.45) is 0 Å². The van der Waals surface area contributed by atoms with Gasteiger partial charge in [0.15, 0.2) is 17.8 Å². The summed E-state index contributed by atoms with van der Waals surface area (Å²) >= 11 is 0. The molecule has 0 unspecified atom stereocenters. The number of anilines is 1. The monoisotopic (exact) mass is 406 g/mol. The molecule has 2 heterocycles. The number of H-pyrrole nitrogens is 1. The summed E-state index contributed by atoms with van der Waals surface area (Å²) in [7, 11) is 1.40. The minimum Gasteiger partial charge on any atom is -0.493 e. The summed E-state index contributed by atoms with van der Waals surface area (Å²) in [5.41, 5.74) is 3.08. The van der Waals surface area contributed by atoms with Crippen LogP contribution in [0.5, 0.6) is 11.5 Å². The molecule has 1 aromatic heterocycles. The number of aromatic carboxylic acids is 2. The molecule has 0 bridgehead atoms. The number of ether oxygens (including phenoxy) is 4. The van der Waals surface area contributed by atoms with E-state index in [-0.39, 0.29) is 23.5 Å². The van der Waals surface area contributed by atoms with E-state index in [1.54, 1.807) is 0 Å². The number of nitrogens with one attached hydrogen (secondary N) is 1. The van der Waals surface area contributed by atoms with E-state index in [0.29, 0.717) is 19.0 Å². The van der Waals surface area contributed by atoms with Gasteiger partial charge in [-0.15, -0.1) is 0 Å². The molecule has 0 atom stereocenters. The first-order chi connectivity index (χ1) is 13.8. The van der Waals surface area contributed by atoms with Crippen LogP contribution in [0.3, 0.4) is 0 Å². The average molecular weight is 406 g/mol. The topological polar surface area (TPSA) is 170 Å². The van der Waals surface area contributed by atoms with Crippen LogP contribution in [0.2, 0.25) is 0 Å². The maximum absolute atomic E-state index is 12.2. The molecule has 1 aliphatic rings. The Hall–Kier alpha value is -3.57. The van der Waals surface area contributed by atoms with Crippen LogP contribution in [0.25, 0.3) is 11.1 Å². The summed E-state index contributed by atoms with van der Waals surface area (Å²) in [6.45, 7) is 0.886. The minimum absolute atomic E-state index is 0.0227. The second-order valence-electron chi connectivity index (χ2n) is 5.95. The van der Waals surface area contributed by atoms with Gasteiger partial charge in [0.1, 0.15) is 23.6 Å². The fourth-order valence-corrected chi connectivity index (χ4v) is 2.94. The number of rotatable bonds is 7. The lowest BCUT2D eigenvalue weighted by molar-refractivity contribution is -0.0687. The number of hydrogen-bond donors (Lipinski definition) is 4. The molecular formula is C18H18N2O9. The maximum Gasteiger partial charge on any atom is 0.342 e. The number of aromatic amines is 1. The summed E-state index contributed by atoms with van der Waals surface area (Å²) in [6.07, 6.45) is -0.581. The van der Waals surface area contributed by atoms with Gasteiger partial charge in [-0.25, -0.2) is 9.59 Å². The van der Waals surface area contributed by atoms with Crippen LogP contribution in [0, 0.1) is 0 Å². The Balaban J connectivity index is 2.14. The number of methoxy groups -OCH3 is 1. The number of nitrogen functional groups attached to an aromatic ring is 1. The van der Waals surface area contributed by atoms with Crippen LogP contribution in [0.4, 0.5) is 5.82 Å². The van der Waals surface area contributed by atoms with Gasteiger partial charge in [-0.05, 0) is 17.7 Å². The zero-order valence-corrected chi connectivity index (χ0v) is 15.3. The maximum atomic E-state index is 12.2. The number of carboxylic acid groups (broad SMARTS) is 2. The number of aromatic nitrogens is 1. The Kier molecular flexibility index (Phi) is 5.71. The molecule has 5 N–H and O–H groups in total. The molecule has 1 aromatic carbocycles. The van der Waals surface area contributed by atoms with Crippen molar-refractivity contribution in [3.63, 3.8) is 0 Å². The molecule has 0 saturated carbocycles. The van der Waals surface area contributed by atoms with Gasteiger partial charge in [-0.3, -0.25) is 4.79 Å². The minimum atomic E-state index is -1.60. The van der Waals surface area contributed by atoms with Crippen molar-refractivity contribution in [3.05, 3.63) is 39.7 Å². The van der Waals surface area contributed by atoms with Crippen molar-refractivity contribution in [2.75, 3.05) is 32.7 Å². The van der Waals surface area contributed by atoms with Crippen molar-refractivity contribution in [1.29, 1.82) is 0 Å². The van der Waals surface area contributed by atoms with Gasteiger partial charge in [-0.2, -0.15) is 0 Å². The third-order valence-corrected chi connectivity index (χ3v) is 4.19. The number of benzene rings is 1. The van der Waals surface area contributed by atoms with Gasteiger partial charge in [-0.1, -0.05) is 6.07 Å². The first-order valence-corrected chi connectivity index (χ1v) is 8.40. The number of nitrogens with two attached hydrogens (primary N) is 1. The van der Waals surface area contributed by atoms with Gasteiger partial charge < -0.3 is 39.9 Å². The Morgan fingerprint density at radius 3 is 2.41 bits per heavy atom. The Morgan fingerprint density at radius 2 is 1.83 bits per heavy atom. The van der Waals surface area contributed by atoms with Gasteiger partial charge in [0.2, 0.25) is 0 Å². The van der Waals surface area contributed by atoms with Crippen molar-refractivity contribution in [3.8, 4) is 22.6 Å². The fourth-order valence-electron chi connectivity index (χ4n) is 2.94. The van der Waals surface area contributed by atoms with Crippen molar-refractivity contribution >= 4 is 17.8 Å². The van der Waals surface area contributed by atoms with Crippen LogP contribution >= 0.6 is 0 Å². The van der Waals surface area contributed by atoms with E-state index in [9.17, 15) is 24.6 Å². The van der Waals surface area contributed by atoms with Crippen LogP contribution in [0.15, 0.2) is 23.0 Å². The second kappa shape index (κ2) is 8.20. The molecule has 29 heavy (non-hydrogen) atoms. The Bertz CT molecular complexity index is 1010. The molecule has 1 fully saturated rings. The lowest BCUT2D eigenvalue weighted by Gasteiger charge is -2.16. The predicted molar refractivity (Wildman–Crippen MR) is 98.6 cm³/mol. The van der Waals surface area contributed by atoms with Gasteiger partial charge in [0.25, 0.3) is 5.56 Å². The lowest BCUT2D eigenvalue weighted by atomic mass is 9.95. The van der Waals surface area contributed by atoms with E-state index in [1.165, 1.54) is 25.3 Å². The van der Waals surface area contributed by atoms with E-state index in [1.807, 2.05) is 0 Å². The normalized spacial score (nSPS) is 14.0. The molecule has 0 aliphatic carbocycles. The molecule has 3 rings (SSSR count). The molecular weight excluding hydrogens is 388 g/mol. The number of carboxylic acids is 2. The quantitative estimate of drug-likeness (QED) is 0.515. The fraction of sp³-hybridized carbons (Fsp3) is 0.278. The van der Waals surface area contributed by atoms with E-state index >= 15 is 0 Å². The van der Waals surface area contributed by atoms with Crippen molar-refractivity contribution in [2.45, 2.75) is 6.29 Å². The first-order valence-electron chi connectivity index (χ1n) is 8.40. The molecule has 0 spiro atoms. The molecule has 154 valence electrons. The van der Waals surface area contributed by atoms with Crippen LogP contribution < -0.4 is 20.8 Å². The predicted octanol–water partition coefficient (Wildman–Crippen LogP) is 0.781. The summed E-state index contributed by atoms with van der Waals surface area (Å²) < 4.78 is 21.5. The van der Waals surface area contributed by atoms with Gasteiger partial charge in [0.05, 0.1) is 20.3 Å². The smallest absolute Gasteiger partial charge is 0.342 e. The second-order valence-corrected chi connectivity index (χ2v) is 5.95. The van der Waals surface area contributed by atoms with Crippen LogP contribution in [0.1, 0.15) is 20.7 Å². The SMILES string of the molecule is COc1ccc(-c2c(C(=O)O)c(N)[nH]c(=O)c2C(=O)O)cc1OCC1OCCO1. The lowest BCUT2D eigenvalue weighted by Crippen LogP contribution is -2.24. The van der Waals surface area contributed by atoms with Gasteiger partial charge >= 0.3 is 11.9 Å². The van der Waals surface area contributed by atoms with Crippen LogP contribution in [-0.2, 0) is 9.47 Å². The summed E-state index contributed by atoms with van der Waals surface area (Å²) in [4.78, 5) is 37.6. The van der Waals surface area contributed by atoms with E-state index < -0.39 is 40.7 Å². The van der Waals surface area contributed by atoms with E-state index in [0.717, 1.165) is 0 Å². The summed E-state index contributed by atoms with van der Waals surface area (Å²) in [5.74, 6) is -3.08. The number of pyridine rings is 1. The third kappa shape index (κ3) is 4.00. The van der Waals surface area contributed by atoms with E-state index in [4.69, 9.17) is 24.7 Å². The number of hydrogen-bond acceptors (Lipinski definition) is 8. The standard InChI is InChI=1S/C18H18N2O9/c1-26-9-3-2-8(6-10(9)29-7-11-27-4-5-28-11)12-13(17(22)23)15(19)20-16(21)14(12)18(24)25/h2-3,6,11H,4-5,7H2,1H3,(H,22,23)(H,24,25)(H3,19,20,21).